The van der Waals surface area contributed by atoms with Gasteiger partial charge in [0.15, 0.2) is 0 Å². The third-order valence-corrected chi connectivity index (χ3v) is 4.34. The van der Waals surface area contributed by atoms with Gasteiger partial charge in [0.05, 0.1) is 10.7 Å². The average Bonchev–Trinajstić information content (AvgIpc) is 2.67. The minimum atomic E-state index is -1.41. The standard InChI is InChI=1S/C15H18F2N2OS/c1-9-14(21-10(2)19-9)7-18-8-15(3,20)12-5-4-11(16)6-13(12)17/h4-6,18,20H,7-8H2,1-3H3. The van der Waals surface area contributed by atoms with Gasteiger partial charge >= 0.3 is 0 Å². The minimum absolute atomic E-state index is 0.0774. The van der Waals surface area contributed by atoms with Gasteiger partial charge in [-0.25, -0.2) is 13.8 Å². The Labute approximate surface area is 126 Å². The first kappa shape index (κ1) is 16.0. The highest BCUT2D eigenvalue weighted by Gasteiger charge is 2.26. The molecule has 2 rings (SSSR count). The van der Waals surface area contributed by atoms with Crippen molar-refractivity contribution in [2.75, 3.05) is 6.54 Å². The number of aromatic nitrogens is 1. The third-order valence-electron chi connectivity index (χ3n) is 3.27. The van der Waals surface area contributed by atoms with E-state index in [0.717, 1.165) is 27.7 Å². The van der Waals surface area contributed by atoms with Gasteiger partial charge in [0.1, 0.15) is 17.2 Å². The van der Waals surface area contributed by atoms with E-state index < -0.39 is 17.2 Å². The average molecular weight is 312 g/mol. The van der Waals surface area contributed by atoms with Crippen molar-refractivity contribution >= 4 is 11.3 Å². The molecule has 1 aromatic heterocycles. The number of halogens is 2. The Kier molecular flexibility index (Phi) is 4.70. The summed E-state index contributed by atoms with van der Waals surface area (Å²) in [6.45, 7) is 6.08. The van der Waals surface area contributed by atoms with Crippen molar-refractivity contribution in [2.24, 2.45) is 0 Å². The molecule has 0 aliphatic carbocycles. The summed E-state index contributed by atoms with van der Waals surface area (Å²) >= 11 is 1.59. The van der Waals surface area contributed by atoms with Gasteiger partial charge in [-0.05, 0) is 26.8 Å². The number of rotatable bonds is 5. The maximum absolute atomic E-state index is 13.7. The topological polar surface area (TPSA) is 45.2 Å². The highest BCUT2D eigenvalue weighted by atomic mass is 32.1. The van der Waals surface area contributed by atoms with Crippen LogP contribution in [0.4, 0.5) is 8.78 Å². The van der Waals surface area contributed by atoms with E-state index in [2.05, 4.69) is 10.3 Å². The van der Waals surface area contributed by atoms with Crippen molar-refractivity contribution in [3.05, 3.63) is 51.0 Å². The maximum atomic E-state index is 13.7. The van der Waals surface area contributed by atoms with Crippen LogP contribution in [0.3, 0.4) is 0 Å². The van der Waals surface area contributed by atoms with Crippen LogP contribution in [0.15, 0.2) is 18.2 Å². The fraction of sp³-hybridized carbons (Fsp3) is 0.400. The lowest BCUT2D eigenvalue weighted by atomic mass is 9.95. The van der Waals surface area contributed by atoms with Crippen LogP contribution in [-0.2, 0) is 12.1 Å². The molecular formula is C15H18F2N2OS. The molecule has 0 amide bonds. The number of hydrogen-bond donors (Lipinski definition) is 2. The van der Waals surface area contributed by atoms with Crippen LogP contribution in [0.25, 0.3) is 0 Å². The molecular weight excluding hydrogens is 294 g/mol. The summed E-state index contributed by atoms with van der Waals surface area (Å²) in [7, 11) is 0. The Bertz CT molecular complexity index is 641. The monoisotopic (exact) mass is 312 g/mol. The SMILES string of the molecule is Cc1nc(C)c(CNCC(C)(O)c2ccc(F)cc2F)s1. The molecule has 0 fully saturated rings. The van der Waals surface area contributed by atoms with Crippen LogP contribution in [0.1, 0.15) is 28.1 Å². The first-order valence-corrected chi connectivity index (χ1v) is 7.43. The summed E-state index contributed by atoms with van der Waals surface area (Å²) < 4.78 is 26.6. The van der Waals surface area contributed by atoms with Gasteiger partial charge in [-0.15, -0.1) is 11.3 Å². The number of hydrogen-bond acceptors (Lipinski definition) is 4. The maximum Gasteiger partial charge on any atom is 0.132 e. The van der Waals surface area contributed by atoms with E-state index in [9.17, 15) is 13.9 Å². The molecule has 1 atom stereocenters. The smallest absolute Gasteiger partial charge is 0.132 e. The minimum Gasteiger partial charge on any atom is -0.384 e. The molecule has 0 spiro atoms. The molecule has 0 saturated carbocycles. The summed E-state index contributed by atoms with van der Waals surface area (Å²) in [5.41, 5.74) is -0.378. The molecule has 6 heteroatoms. The van der Waals surface area contributed by atoms with Crippen molar-refractivity contribution in [2.45, 2.75) is 32.9 Å². The Morgan fingerprint density at radius 2 is 2.05 bits per heavy atom. The van der Waals surface area contributed by atoms with E-state index in [0.29, 0.717) is 6.54 Å². The zero-order valence-electron chi connectivity index (χ0n) is 12.2. The van der Waals surface area contributed by atoms with E-state index in [1.54, 1.807) is 11.3 Å². The molecule has 1 aromatic carbocycles. The second kappa shape index (κ2) is 6.17. The largest absolute Gasteiger partial charge is 0.384 e. The molecule has 2 aromatic rings. The lowest BCUT2D eigenvalue weighted by Gasteiger charge is -2.24. The second-order valence-electron chi connectivity index (χ2n) is 5.24. The summed E-state index contributed by atoms with van der Waals surface area (Å²) in [4.78, 5) is 5.41. The molecule has 0 saturated heterocycles. The second-order valence-corrected chi connectivity index (χ2v) is 6.53. The number of benzene rings is 1. The van der Waals surface area contributed by atoms with Crippen LogP contribution in [0, 0.1) is 25.5 Å². The zero-order chi connectivity index (χ0) is 15.6. The van der Waals surface area contributed by atoms with Crippen molar-refractivity contribution in [1.82, 2.24) is 10.3 Å². The van der Waals surface area contributed by atoms with Crippen LogP contribution in [-0.4, -0.2) is 16.6 Å². The Morgan fingerprint density at radius 1 is 1.33 bits per heavy atom. The van der Waals surface area contributed by atoms with E-state index in [-0.39, 0.29) is 12.1 Å². The number of thiazole rings is 1. The fourth-order valence-electron chi connectivity index (χ4n) is 2.18. The number of aryl methyl sites for hydroxylation is 2. The molecule has 0 aliphatic heterocycles. The van der Waals surface area contributed by atoms with Crippen molar-refractivity contribution in [3.8, 4) is 0 Å². The van der Waals surface area contributed by atoms with E-state index in [4.69, 9.17) is 0 Å². The summed E-state index contributed by atoms with van der Waals surface area (Å²) in [5, 5.41) is 14.5. The number of nitrogens with zero attached hydrogens (tertiary/aromatic N) is 1. The lowest BCUT2D eigenvalue weighted by Crippen LogP contribution is -2.36. The molecule has 0 aliphatic rings. The first-order valence-electron chi connectivity index (χ1n) is 6.61. The van der Waals surface area contributed by atoms with Crippen LogP contribution < -0.4 is 5.32 Å². The molecule has 21 heavy (non-hydrogen) atoms. The van der Waals surface area contributed by atoms with Crippen LogP contribution in [0.5, 0.6) is 0 Å². The van der Waals surface area contributed by atoms with Crippen LogP contribution in [0.2, 0.25) is 0 Å². The molecule has 1 heterocycles. The Balaban J connectivity index is 2.02. The number of nitrogens with one attached hydrogen (secondary N) is 1. The normalized spacial score (nSPS) is 14.2. The first-order chi connectivity index (χ1) is 9.79. The predicted octanol–water partition coefficient (Wildman–Crippen LogP) is 3.04. The van der Waals surface area contributed by atoms with Crippen molar-refractivity contribution in [1.29, 1.82) is 0 Å². The fourth-order valence-corrected chi connectivity index (χ4v) is 3.09. The van der Waals surface area contributed by atoms with Gasteiger partial charge in [0, 0.05) is 29.6 Å². The quantitative estimate of drug-likeness (QED) is 0.892. The van der Waals surface area contributed by atoms with Crippen LogP contribution >= 0.6 is 11.3 Å². The van der Waals surface area contributed by atoms with E-state index in [1.165, 1.54) is 13.0 Å². The lowest BCUT2D eigenvalue weighted by molar-refractivity contribution is 0.0529. The van der Waals surface area contributed by atoms with Crippen molar-refractivity contribution in [3.63, 3.8) is 0 Å². The van der Waals surface area contributed by atoms with Gasteiger partial charge in [-0.2, -0.15) is 0 Å². The zero-order valence-corrected chi connectivity index (χ0v) is 13.0. The van der Waals surface area contributed by atoms with Gasteiger partial charge in [0.25, 0.3) is 0 Å². The molecule has 3 nitrogen and oxygen atoms in total. The summed E-state index contributed by atoms with van der Waals surface area (Å²) in [6.07, 6.45) is 0. The van der Waals surface area contributed by atoms with Crippen molar-refractivity contribution < 1.29 is 13.9 Å². The van der Waals surface area contributed by atoms with Gasteiger partial charge < -0.3 is 10.4 Å². The van der Waals surface area contributed by atoms with E-state index in [1.807, 2.05) is 13.8 Å². The Morgan fingerprint density at radius 3 is 2.62 bits per heavy atom. The molecule has 1 unspecified atom stereocenters. The molecule has 114 valence electrons. The molecule has 0 bridgehead atoms. The molecule has 2 N–H and O–H groups in total. The van der Waals surface area contributed by atoms with E-state index >= 15 is 0 Å². The predicted molar refractivity (Wildman–Crippen MR) is 79.2 cm³/mol. The highest BCUT2D eigenvalue weighted by molar-refractivity contribution is 7.11. The van der Waals surface area contributed by atoms with Gasteiger partial charge in [0.2, 0.25) is 0 Å². The van der Waals surface area contributed by atoms with Gasteiger partial charge in [-0.3, -0.25) is 0 Å². The summed E-state index contributed by atoms with van der Waals surface area (Å²) in [5.74, 6) is -1.40. The highest BCUT2D eigenvalue weighted by Crippen LogP contribution is 2.24. The van der Waals surface area contributed by atoms with Gasteiger partial charge in [-0.1, -0.05) is 6.07 Å². The Hall–Kier alpha value is -1.37. The molecule has 0 radical (unpaired) electrons. The number of aliphatic hydroxyl groups is 1. The third kappa shape index (κ3) is 3.84. The summed E-state index contributed by atoms with van der Waals surface area (Å²) in [6, 6.07) is 3.19.